The summed E-state index contributed by atoms with van der Waals surface area (Å²) in [6, 6.07) is 15.1. The van der Waals surface area contributed by atoms with E-state index in [1.165, 1.54) is 12.1 Å². The van der Waals surface area contributed by atoms with Crippen molar-refractivity contribution in [2.45, 2.75) is 38.4 Å². The Morgan fingerprint density at radius 2 is 1.93 bits per heavy atom. The van der Waals surface area contributed by atoms with E-state index in [0.29, 0.717) is 5.69 Å². The van der Waals surface area contributed by atoms with Crippen molar-refractivity contribution < 1.29 is 9.18 Å². The van der Waals surface area contributed by atoms with Crippen molar-refractivity contribution in [1.29, 1.82) is 0 Å². The molecule has 5 nitrogen and oxygen atoms in total. The fourth-order valence-electron chi connectivity index (χ4n) is 3.67. The molecule has 2 N–H and O–H groups in total. The highest BCUT2D eigenvalue weighted by atomic mass is 19.1. The standard InChI is InChI=1S/C22H23FN4O/c1-15-13-27-14-19(11-12-20(27)24-15)25-21(16-5-3-2-4-6-16)22(28)26-18-9-7-17(23)8-10-18/h2-10,13,19,21,25H,11-12,14H2,1H3,(H,26,28)/t19-,21+/m1/s1. The number of aromatic nitrogens is 2. The third-order valence-electron chi connectivity index (χ3n) is 5.02. The fourth-order valence-corrected chi connectivity index (χ4v) is 3.67. The number of nitrogens with one attached hydrogen (secondary N) is 2. The Bertz CT molecular complexity index is 952. The average molecular weight is 378 g/mol. The highest BCUT2D eigenvalue weighted by molar-refractivity contribution is 5.95. The summed E-state index contributed by atoms with van der Waals surface area (Å²) in [6.07, 6.45) is 3.86. The van der Waals surface area contributed by atoms with E-state index in [9.17, 15) is 9.18 Å². The van der Waals surface area contributed by atoms with Gasteiger partial charge in [-0.2, -0.15) is 0 Å². The molecule has 0 spiro atoms. The maximum absolute atomic E-state index is 13.1. The molecular formula is C22H23FN4O. The van der Waals surface area contributed by atoms with E-state index in [1.807, 2.05) is 37.3 Å². The van der Waals surface area contributed by atoms with Gasteiger partial charge in [-0.15, -0.1) is 0 Å². The molecule has 0 radical (unpaired) electrons. The van der Waals surface area contributed by atoms with Gasteiger partial charge in [0, 0.05) is 30.9 Å². The summed E-state index contributed by atoms with van der Waals surface area (Å²) in [4.78, 5) is 17.6. The maximum Gasteiger partial charge on any atom is 0.246 e. The minimum absolute atomic E-state index is 0.158. The Labute approximate surface area is 163 Å². The molecule has 6 heteroatoms. The molecule has 1 aliphatic rings. The molecule has 0 bridgehead atoms. The van der Waals surface area contributed by atoms with Crippen molar-refractivity contribution in [3.8, 4) is 0 Å². The third-order valence-corrected chi connectivity index (χ3v) is 5.02. The van der Waals surface area contributed by atoms with Crippen molar-refractivity contribution in [2.75, 3.05) is 5.32 Å². The molecule has 0 unspecified atom stereocenters. The average Bonchev–Trinajstić information content (AvgIpc) is 3.07. The summed E-state index contributed by atoms with van der Waals surface area (Å²) in [5.74, 6) is 0.609. The topological polar surface area (TPSA) is 59.0 Å². The van der Waals surface area contributed by atoms with Gasteiger partial charge in [0.25, 0.3) is 0 Å². The lowest BCUT2D eigenvalue weighted by Gasteiger charge is -2.29. The zero-order valence-electron chi connectivity index (χ0n) is 15.7. The molecule has 1 aromatic heterocycles. The van der Waals surface area contributed by atoms with Crippen LogP contribution < -0.4 is 10.6 Å². The summed E-state index contributed by atoms with van der Waals surface area (Å²) in [5, 5.41) is 6.41. The van der Waals surface area contributed by atoms with Crippen LogP contribution >= 0.6 is 0 Å². The molecule has 0 saturated carbocycles. The molecule has 2 atom stereocenters. The van der Waals surface area contributed by atoms with Crippen LogP contribution in [-0.4, -0.2) is 21.5 Å². The monoisotopic (exact) mass is 378 g/mol. The first-order valence-electron chi connectivity index (χ1n) is 9.48. The molecule has 2 aromatic carbocycles. The van der Waals surface area contributed by atoms with Gasteiger partial charge in [-0.25, -0.2) is 9.37 Å². The largest absolute Gasteiger partial charge is 0.333 e. The van der Waals surface area contributed by atoms with Crippen LogP contribution in [0.1, 0.15) is 29.5 Å². The van der Waals surface area contributed by atoms with Crippen molar-refractivity contribution in [1.82, 2.24) is 14.9 Å². The fraction of sp³-hybridized carbons (Fsp3) is 0.273. The van der Waals surface area contributed by atoms with Crippen LogP contribution in [0.2, 0.25) is 0 Å². The molecule has 0 fully saturated rings. The van der Waals surface area contributed by atoms with Crippen LogP contribution in [0.25, 0.3) is 0 Å². The molecule has 2 heterocycles. The van der Waals surface area contributed by atoms with Gasteiger partial charge in [-0.05, 0) is 43.2 Å². The van der Waals surface area contributed by atoms with Gasteiger partial charge in [0.2, 0.25) is 5.91 Å². The number of fused-ring (bicyclic) bond motifs is 1. The first-order chi connectivity index (χ1) is 13.6. The zero-order valence-corrected chi connectivity index (χ0v) is 15.7. The van der Waals surface area contributed by atoms with E-state index in [0.717, 1.165) is 36.5 Å². The van der Waals surface area contributed by atoms with E-state index in [-0.39, 0.29) is 17.8 Å². The summed E-state index contributed by atoms with van der Waals surface area (Å²) >= 11 is 0. The van der Waals surface area contributed by atoms with E-state index in [2.05, 4.69) is 26.4 Å². The van der Waals surface area contributed by atoms with E-state index in [1.54, 1.807) is 12.1 Å². The number of nitrogens with zero attached hydrogens (tertiary/aromatic N) is 2. The van der Waals surface area contributed by atoms with Gasteiger partial charge in [0.1, 0.15) is 17.7 Å². The van der Waals surface area contributed by atoms with Gasteiger partial charge >= 0.3 is 0 Å². The number of anilines is 1. The highest BCUT2D eigenvalue weighted by Gasteiger charge is 2.27. The number of rotatable bonds is 5. The van der Waals surface area contributed by atoms with Gasteiger partial charge in [0.15, 0.2) is 0 Å². The van der Waals surface area contributed by atoms with E-state index >= 15 is 0 Å². The zero-order chi connectivity index (χ0) is 19.5. The van der Waals surface area contributed by atoms with Crippen LogP contribution in [0.3, 0.4) is 0 Å². The molecule has 1 aliphatic heterocycles. The number of aryl methyl sites for hydroxylation is 2. The Morgan fingerprint density at radius 1 is 1.18 bits per heavy atom. The van der Waals surface area contributed by atoms with Gasteiger partial charge < -0.3 is 9.88 Å². The Balaban J connectivity index is 1.52. The minimum atomic E-state index is -0.498. The van der Waals surface area contributed by atoms with Gasteiger partial charge in [-0.1, -0.05) is 30.3 Å². The normalized spacial score (nSPS) is 17.0. The Kier molecular flexibility index (Phi) is 5.21. The second-order valence-corrected chi connectivity index (χ2v) is 7.19. The predicted octanol–water partition coefficient (Wildman–Crippen LogP) is 3.62. The molecule has 0 saturated heterocycles. The number of amides is 1. The maximum atomic E-state index is 13.1. The van der Waals surface area contributed by atoms with Crippen molar-refractivity contribution in [3.05, 3.63) is 83.7 Å². The number of hydrogen-bond donors (Lipinski definition) is 2. The lowest BCUT2D eigenvalue weighted by atomic mass is 10.0. The number of carbonyl (C=O) groups excluding carboxylic acids is 1. The molecule has 1 amide bonds. The second kappa shape index (κ2) is 7.94. The smallest absolute Gasteiger partial charge is 0.246 e. The van der Waals surface area contributed by atoms with E-state index in [4.69, 9.17) is 0 Å². The predicted molar refractivity (Wildman–Crippen MR) is 106 cm³/mol. The molecule has 3 aromatic rings. The molecular weight excluding hydrogens is 355 g/mol. The quantitative estimate of drug-likeness (QED) is 0.713. The highest BCUT2D eigenvalue weighted by Crippen LogP contribution is 2.21. The number of halogens is 1. The molecule has 28 heavy (non-hydrogen) atoms. The van der Waals surface area contributed by atoms with Crippen molar-refractivity contribution in [3.63, 3.8) is 0 Å². The lowest BCUT2D eigenvalue weighted by Crippen LogP contribution is -2.43. The van der Waals surface area contributed by atoms with Gasteiger partial charge in [-0.3, -0.25) is 10.1 Å². The van der Waals surface area contributed by atoms with Crippen LogP contribution in [0, 0.1) is 12.7 Å². The number of benzene rings is 2. The summed E-state index contributed by atoms with van der Waals surface area (Å²) < 4.78 is 15.3. The SMILES string of the molecule is Cc1cn2c(n1)CC[C@@H](N[C@H](C(=O)Nc1ccc(F)cc1)c1ccccc1)C2. The summed E-state index contributed by atoms with van der Waals surface area (Å²) in [6.45, 7) is 2.78. The minimum Gasteiger partial charge on any atom is -0.333 e. The Hall–Kier alpha value is -2.99. The van der Waals surface area contributed by atoms with Crippen LogP contribution in [0.15, 0.2) is 60.8 Å². The van der Waals surface area contributed by atoms with E-state index < -0.39 is 6.04 Å². The second-order valence-electron chi connectivity index (χ2n) is 7.19. The Morgan fingerprint density at radius 3 is 2.68 bits per heavy atom. The molecule has 4 rings (SSSR count). The van der Waals surface area contributed by atoms with Gasteiger partial charge in [0.05, 0.1) is 5.69 Å². The third kappa shape index (κ3) is 4.12. The van der Waals surface area contributed by atoms with Crippen molar-refractivity contribution in [2.24, 2.45) is 0 Å². The van der Waals surface area contributed by atoms with Crippen LogP contribution in [0.4, 0.5) is 10.1 Å². The number of hydrogen-bond acceptors (Lipinski definition) is 3. The van der Waals surface area contributed by atoms with Crippen LogP contribution in [0.5, 0.6) is 0 Å². The first-order valence-corrected chi connectivity index (χ1v) is 9.48. The lowest BCUT2D eigenvalue weighted by molar-refractivity contribution is -0.118. The summed E-state index contributed by atoms with van der Waals surface area (Å²) in [5.41, 5.74) is 2.49. The van der Waals surface area contributed by atoms with Crippen LogP contribution in [-0.2, 0) is 17.8 Å². The number of imidazole rings is 1. The van der Waals surface area contributed by atoms with Crippen molar-refractivity contribution >= 4 is 11.6 Å². The molecule has 0 aliphatic carbocycles. The first kappa shape index (κ1) is 18.4. The molecule has 144 valence electrons. The number of carbonyl (C=O) groups is 1. The summed E-state index contributed by atoms with van der Waals surface area (Å²) in [7, 11) is 0.